The zero-order chi connectivity index (χ0) is 13.9. The van der Waals surface area contributed by atoms with Crippen molar-refractivity contribution in [1.29, 1.82) is 0 Å². The molecule has 1 aromatic rings. The van der Waals surface area contributed by atoms with Crippen LogP contribution in [0.15, 0.2) is 12.3 Å². The number of carboxylic acids is 1. The average molecular weight is 259 g/mol. The minimum atomic E-state index is -2.05. The minimum Gasteiger partial charge on any atom is -0.478 e. The molecule has 0 spiro atoms. The van der Waals surface area contributed by atoms with E-state index in [4.69, 9.17) is 5.11 Å². The summed E-state index contributed by atoms with van der Waals surface area (Å²) >= 11 is 0. The van der Waals surface area contributed by atoms with Gasteiger partial charge in [0.1, 0.15) is 11.8 Å². The fraction of sp³-hybridized carbons (Fsp3) is 0.300. The number of aliphatic hydroxyl groups is 2. The summed E-state index contributed by atoms with van der Waals surface area (Å²) in [7, 11) is 0.968. The molecule has 0 bridgehead atoms. The van der Waals surface area contributed by atoms with Gasteiger partial charge in [0, 0.05) is 6.20 Å². The summed E-state index contributed by atoms with van der Waals surface area (Å²) in [6.45, 7) is 0. The van der Waals surface area contributed by atoms with E-state index in [1.165, 1.54) is 0 Å². The first kappa shape index (κ1) is 14.0. The van der Waals surface area contributed by atoms with Crippen molar-refractivity contribution in [2.45, 2.75) is 12.2 Å². The van der Waals surface area contributed by atoms with Crippen LogP contribution in [-0.2, 0) is 9.53 Å². The number of ether oxygens (including phenoxy) is 1. The van der Waals surface area contributed by atoms with E-state index in [1.807, 2.05) is 0 Å². The molecule has 0 aliphatic heterocycles. The van der Waals surface area contributed by atoms with Gasteiger partial charge >= 0.3 is 11.9 Å². The second-order valence-corrected chi connectivity index (χ2v) is 3.28. The maximum Gasteiger partial charge on any atom is 0.338 e. The van der Waals surface area contributed by atoms with Gasteiger partial charge in [-0.2, -0.15) is 0 Å². The number of methoxy groups -OCH3 is 1. The van der Waals surface area contributed by atoms with Crippen molar-refractivity contribution in [3.05, 3.63) is 29.3 Å². The van der Waals surface area contributed by atoms with Crippen molar-refractivity contribution in [2.24, 2.45) is 0 Å². The number of hydrogen-bond acceptors (Lipinski definition) is 6. The van der Waals surface area contributed by atoms with E-state index in [-0.39, 0.29) is 0 Å². The van der Waals surface area contributed by atoms with E-state index in [2.05, 4.69) is 9.72 Å². The lowest BCUT2D eigenvalue weighted by molar-refractivity contribution is -0.157. The molecule has 0 aliphatic carbocycles. The minimum absolute atomic E-state index is 0.726. The Bertz CT molecular complexity index is 477. The number of rotatable bonds is 4. The summed E-state index contributed by atoms with van der Waals surface area (Å²) in [6.07, 6.45) is -3.13. The molecule has 0 saturated heterocycles. The first-order chi connectivity index (χ1) is 8.40. The molecule has 1 aromatic heterocycles. The Labute approximate surface area is 100 Å². The molecule has 8 heteroatoms. The average Bonchev–Trinajstić information content (AvgIpc) is 2.36. The molecule has 7 nitrogen and oxygen atoms in total. The van der Waals surface area contributed by atoms with E-state index in [0.717, 1.165) is 19.4 Å². The highest BCUT2D eigenvalue weighted by Gasteiger charge is 2.31. The van der Waals surface area contributed by atoms with Crippen molar-refractivity contribution in [2.75, 3.05) is 7.11 Å². The Kier molecular flexibility index (Phi) is 4.29. The molecule has 0 aromatic carbocycles. The lowest BCUT2D eigenvalue weighted by atomic mass is 10.1. The number of carbonyl (C=O) groups excluding carboxylic acids is 1. The van der Waals surface area contributed by atoms with Crippen LogP contribution in [0.25, 0.3) is 0 Å². The topological polar surface area (TPSA) is 117 Å². The highest BCUT2D eigenvalue weighted by molar-refractivity contribution is 5.88. The van der Waals surface area contributed by atoms with Gasteiger partial charge in [0.25, 0.3) is 0 Å². The molecule has 0 saturated carbocycles. The molecule has 98 valence electrons. The highest BCUT2D eigenvalue weighted by atomic mass is 19.1. The van der Waals surface area contributed by atoms with E-state index >= 15 is 0 Å². The van der Waals surface area contributed by atoms with Gasteiger partial charge in [0.05, 0.1) is 12.7 Å². The van der Waals surface area contributed by atoms with Gasteiger partial charge in [-0.05, 0) is 6.07 Å². The Morgan fingerprint density at radius 1 is 1.44 bits per heavy atom. The number of nitrogens with zero attached hydrogens (tertiary/aromatic N) is 1. The monoisotopic (exact) mass is 259 g/mol. The fourth-order valence-electron chi connectivity index (χ4n) is 1.23. The summed E-state index contributed by atoms with van der Waals surface area (Å²) < 4.78 is 17.8. The second-order valence-electron chi connectivity index (χ2n) is 3.28. The van der Waals surface area contributed by atoms with Crippen molar-refractivity contribution in [1.82, 2.24) is 4.98 Å². The quantitative estimate of drug-likeness (QED) is 0.623. The number of aromatic carboxylic acids is 1. The van der Waals surface area contributed by atoms with E-state index in [1.54, 1.807) is 0 Å². The first-order valence-corrected chi connectivity index (χ1v) is 4.71. The SMILES string of the molecule is COC(=O)C(O)C(O)c1nccc(C(=O)O)c1F. The predicted molar refractivity (Wildman–Crippen MR) is 54.1 cm³/mol. The van der Waals surface area contributed by atoms with Crippen LogP contribution in [0.2, 0.25) is 0 Å². The van der Waals surface area contributed by atoms with Crippen molar-refractivity contribution >= 4 is 11.9 Å². The van der Waals surface area contributed by atoms with Crippen LogP contribution in [0.3, 0.4) is 0 Å². The smallest absolute Gasteiger partial charge is 0.338 e. The molecule has 2 atom stereocenters. The molecule has 2 unspecified atom stereocenters. The highest BCUT2D eigenvalue weighted by Crippen LogP contribution is 2.21. The van der Waals surface area contributed by atoms with Crippen molar-refractivity contribution < 1.29 is 34.0 Å². The molecule has 1 heterocycles. The summed E-state index contributed by atoms with van der Waals surface area (Å²) in [4.78, 5) is 25.0. The first-order valence-electron chi connectivity index (χ1n) is 4.71. The molecule has 0 amide bonds. The van der Waals surface area contributed by atoms with Crippen LogP contribution in [0.1, 0.15) is 22.2 Å². The van der Waals surface area contributed by atoms with Crippen molar-refractivity contribution in [3.8, 4) is 0 Å². The lowest BCUT2D eigenvalue weighted by Gasteiger charge is -2.16. The number of pyridine rings is 1. The van der Waals surface area contributed by atoms with Gasteiger partial charge in [0.15, 0.2) is 11.9 Å². The molecular weight excluding hydrogens is 249 g/mol. The van der Waals surface area contributed by atoms with E-state index in [0.29, 0.717) is 0 Å². The summed E-state index contributed by atoms with van der Waals surface area (Å²) in [5.41, 5.74) is -1.47. The molecule has 3 N–H and O–H groups in total. The van der Waals surface area contributed by atoms with Crippen LogP contribution in [0.4, 0.5) is 4.39 Å². The molecule has 0 radical (unpaired) electrons. The molecule has 18 heavy (non-hydrogen) atoms. The molecule has 0 aliphatic rings. The number of halogens is 1. The summed E-state index contributed by atoms with van der Waals surface area (Å²) in [5.74, 6) is -4.07. The maximum atomic E-state index is 13.6. The number of hydrogen-bond donors (Lipinski definition) is 3. The van der Waals surface area contributed by atoms with Crippen LogP contribution >= 0.6 is 0 Å². The number of esters is 1. The lowest BCUT2D eigenvalue weighted by Crippen LogP contribution is -2.30. The number of carbonyl (C=O) groups is 2. The van der Waals surface area contributed by atoms with Crippen LogP contribution in [0.5, 0.6) is 0 Å². The van der Waals surface area contributed by atoms with Gasteiger partial charge < -0.3 is 20.1 Å². The maximum absolute atomic E-state index is 13.6. The van der Waals surface area contributed by atoms with Crippen LogP contribution < -0.4 is 0 Å². The zero-order valence-corrected chi connectivity index (χ0v) is 9.20. The van der Waals surface area contributed by atoms with Crippen LogP contribution in [0, 0.1) is 5.82 Å². The Morgan fingerprint density at radius 2 is 2.06 bits per heavy atom. The van der Waals surface area contributed by atoms with E-state index < -0.39 is 41.2 Å². The Morgan fingerprint density at radius 3 is 2.56 bits per heavy atom. The molecule has 0 fully saturated rings. The van der Waals surface area contributed by atoms with Gasteiger partial charge in [0.2, 0.25) is 0 Å². The van der Waals surface area contributed by atoms with Gasteiger partial charge in [-0.1, -0.05) is 0 Å². The van der Waals surface area contributed by atoms with Crippen LogP contribution in [-0.4, -0.2) is 45.5 Å². The Balaban J connectivity index is 3.14. The van der Waals surface area contributed by atoms with Gasteiger partial charge in [-0.25, -0.2) is 14.0 Å². The second kappa shape index (κ2) is 5.52. The fourth-order valence-corrected chi connectivity index (χ4v) is 1.23. The summed E-state index contributed by atoms with van der Waals surface area (Å²) in [5, 5.41) is 27.5. The van der Waals surface area contributed by atoms with Gasteiger partial charge in [-0.15, -0.1) is 0 Å². The predicted octanol–water partition coefficient (Wildman–Crippen LogP) is -0.514. The van der Waals surface area contributed by atoms with Gasteiger partial charge in [-0.3, -0.25) is 4.98 Å². The Hall–Kier alpha value is -2.06. The van der Waals surface area contributed by atoms with E-state index in [9.17, 15) is 24.2 Å². The zero-order valence-electron chi connectivity index (χ0n) is 9.20. The van der Waals surface area contributed by atoms with Crippen molar-refractivity contribution in [3.63, 3.8) is 0 Å². The molecule has 1 rings (SSSR count). The third-order valence-corrected chi connectivity index (χ3v) is 2.17. The third kappa shape index (κ3) is 2.60. The number of aliphatic hydroxyl groups excluding tert-OH is 2. The summed E-state index contributed by atoms with van der Waals surface area (Å²) in [6, 6.07) is 0.887. The largest absolute Gasteiger partial charge is 0.478 e. The number of carboxylic acid groups (broad SMARTS) is 1. The normalized spacial score (nSPS) is 13.8. The third-order valence-electron chi connectivity index (χ3n) is 2.17. The number of aromatic nitrogens is 1. The molecular formula is C10H10FNO6. The standard InChI is InChI=1S/C10H10FNO6/c1-18-10(17)8(14)7(13)6-5(11)4(9(15)16)2-3-12-6/h2-3,7-8,13-14H,1H3,(H,15,16).